The van der Waals surface area contributed by atoms with Crippen LogP contribution in [0.2, 0.25) is 0 Å². The van der Waals surface area contributed by atoms with Gasteiger partial charge in [0.05, 0.1) is 5.52 Å². The molecule has 4 unspecified atom stereocenters. The molecule has 1 saturated heterocycles. The van der Waals surface area contributed by atoms with Gasteiger partial charge in [0.15, 0.2) is 11.8 Å². The number of carbonyl (C=O) groups is 1. The Morgan fingerprint density at radius 2 is 1.72 bits per heavy atom. The minimum absolute atomic E-state index is 0.0279. The summed E-state index contributed by atoms with van der Waals surface area (Å²) in [7, 11) is 0. The van der Waals surface area contributed by atoms with E-state index in [2.05, 4.69) is 45.5 Å². The number of carbonyl (C=O) groups excluding carboxylic acids is 1. The standard InChI is InChI=1S/C31H41N5O3/c1-17-23-14-24(28(17)32-18(2)37)27-26(23)30(38)36(31(27)39)16-21-7-5-6-20(21)15-35-12-10-19(11-13-35)29-22-8-3-4-9-25(22)33-34-29/h3-4,8-9,17,19-21,23-24,28,38-39H,5-7,10-16H2,1-2H3,(H,32,37)(H,33,34)/t17?,20-,21-,23?,24?,28?/m1/s1. The minimum atomic E-state index is -0.0279. The van der Waals surface area contributed by atoms with Gasteiger partial charge in [0.1, 0.15) is 0 Å². The summed E-state index contributed by atoms with van der Waals surface area (Å²) < 4.78 is 1.80. The first-order chi connectivity index (χ1) is 18.9. The molecule has 4 N–H and O–H groups in total. The number of H-pyrrole nitrogens is 1. The summed E-state index contributed by atoms with van der Waals surface area (Å²) in [6.07, 6.45) is 6.75. The molecule has 0 spiro atoms. The van der Waals surface area contributed by atoms with E-state index in [0.29, 0.717) is 24.3 Å². The molecule has 3 heterocycles. The van der Waals surface area contributed by atoms with Gasteiger partial charge in [0.2, 0.25) is 5.91 Å². The summed E-state index contributed by atoms with van der Waals surface area (Å²) in [5, 5.41) is 34.8. The molecule has 4 aliphatic rings. The van der Waals surface area contributed by atoms with Crippen molar-refractivity contribution in [2.75, 3.05) is 19.6 Å². The zero-order valence-electron chi connectivity index (χ0n) is 23.1. The van der Waals surface area contributed by atoms with Gasteiger partial charge in [-0.3, -0.25) is 14.5 Å². The number of hydrogen-bond donors (Lipinski definition) is 4. The Balaban J connectivity index is 1.02. The second-order valence-corrected chi connectivity index (χ2v) is 12.8. The molecule has 2 saturated carbocycles. The van der Waals surface area contributed by atoms with Gasteiger partial charge in [0.25, 0.3) is 0 Å². The van der Waals surface area contributed by atoms with E-state index >= 15 is 0 Å². The predicted octanol–water partition coefficient (Wildman–Crippen LogP) is 4.80. The quantitative estimate of drug-likeness (QED) is 0.366. The summed E-state index contributed by atoms with van der Waals surface area (Å²) in [5.41, 5.74) is 4.17. The third kappa shape index (κ3) is 4.05. The Kier molecular flexibility index (Phi) is 6.14. The van der Waals surface area contributed by atoms with Gasteiger partial charge < -0.3 is 20.4 Å². The number of aromatic amines is 1. The zero-order valence-corrected chi connectivity index (χ0v) is 23.1. The second-order valence-electron chi connectivity index (χ2n) is 12.8. The number of para-hydroxylation sites is 1. The zero-order chi connectivity index (χ0) is 26.8. The molecule has 6 atom stereocenters. The lowest BCUT2D eigenvalue weighted by molar-refractivity contribution is -0.120. The van der Waals surface area contributed by atoms with Crippen molar-refractivity contribution in [3.8, 4) is 11.8 Å². The molecule has 3 aliphatic carbocycles. The fourth-order valence-corrected chi connectivity index (χ4v) is 8.79. The minimum Gasteiger partial charge on any atom is -0.494 e. The van der Waals surface area contributed by atoms with Crippen LogP contribution in [0.3, 0.4) is 0 Å². The third-order valence-electron chi connectivity index (χ3n) is 10.8. The Morgan fingerprint density at radius 1 is 1.03 bits per heavy atom. The smallest absolute Gasteiger partial charge is 0.217 e. The molecule has 1 aliphatic heterocycles. The van der Waals surface area contributed by atoms with E-state index in [9.17, 15) is 15.0 Å². The van der Waals surface area contributed by atoms with Crippen molar-refractivity contribution in [2.24, 2.45) is 17.8 Å². The van der Waals surface area contributed by atoms with E-state index in [1.165, 1.54) is 23.9 Å². The number of aromatic nitrogens is 3. The number of likely N-dealkylation sites (tertiary alicyclic amines) is 1. The van der Waals surface area contributed by atoms with Gasteiger partial charge in [-0.15, -0.1) is 0 Å². The van der Waals surface area contributed by atoms with Crippen LogP contribution in [0.5, 0.6) is 11.8 Å². The molecule has 1 aromatic carbocycles. The maximum absolute atomic E-state index is 11.8. The van der Waals surface area contributed by atoms with Crippen LogP contribution >= 0.6 is 0 Å². The third-order valence-corrected chi connectivity index (χ3v) is 10.8. The van der Waals surface area contributed by atoms with Gasteiger partial charge >= 0.3 is 0 Å². The predicted molar refractivity (Wildman–Crippen MR) is 150 cm³/mol. The lowest BCUT2D eigenvalue weighted by atomic mass is 9.82. The molecular weight excluding hydrogens is 490 g/mol. The molecule has 3 aromatic rings. The van der Waals surface area contributed by atoms with Crippen LogP contribution in [-0.2, 0) is 11.3 Å². The lowest BCUT2D eigenvalue weighted by Gasteiger charge is -2.34. The maximum atomic E-state index is 11.8. The molecule has 7 rings (SSSR count). The van der Waals surface area contributed by atoms with Crippen molar-refractivity contribution >= 4 is 16.8 Å². The van der Waals surface area contributed by atoms with E-state index in [0.717, 1.165) is 62.0 Å². The highest BCUT2D eigenvalue weighted by Gasteiger charge is 2.54. The topological polar surface area (TPSA) is 106 Å². The van der Waals surface area contributed by atoms with Gasteiger partial charge in [-0.05, 0) is 74.9 Å². The number of fused-ring (bicyclic) bond motifs is 6. The van der Waals surface area contributed by atoms with Gasteiger partial charge in [0, 0.05) is 60.1 Å². The molecule has 1 amide bonds. The van der Waals surface area contributed by atoms with E-state index < -0.39 is 0 Å². The first-order valence-corrected chi connectivity index (χ1v) is 15.0. The monoisotopic (exact) mass is 531 g/mol. The number of nitrogens with one attached hydrogen (secondary N) is 2. The largest absolute Gasteiger partial charge is 0.494 e. The Hall–Kier alpha value is -3.00. The summed E-state index contributed by atoms with van der Waals surface area (Å²) >= 11 is 0. The molecule has 2 bridgehead atoms. The number of aromatic hydroxyl groups is 2. The molecule has 8 nitrogen and oxygen atoms in total. The molecule has 208 valence electrons. The van der Waals surface area contributed by atoms with Crippen LogP contribution in [0.1, 0.15) is 86.9 Å². The average Bonchev–Trinajstić information content (AvgIpc) is 3.73. The van der Waals surface area contributed by atoms with E-state index in [-0.39, 0.29) is 41.5 Å². The number of piperidine rings is 1. The van der Waals surface area contributed by atoms with E-state index in [4.69, 9.17) is 0 Å². The normalized spacial score (nSPS) is 30.8. The van der Waals surface area contributed by atoms with Gasteiger partial charge in [-0.2, -0.15) is 5.10 Å². The number of nitrogens with zero attached hydrogens (tertiary/aromatic N) is 3. The Morgan fingerprint density at radius 3 is 2.46 bits per heavy atom. The molecular formula is C31H41N5O3. The molecule has 39 heavy (non-hydrogen) atoms. The van der Waals surface area contributed by atoms with Crippen molar-refractivity contribution in [3.63, 3.8) is 0 Å². The van der Waals surface area contributed by atoms with E-state index in [1.54, 1.807) is 11.5 Å². The fourth-order valence-electron chi connectivity index (χ4n) is 8.79. The van der Waals surface area contributed by atoms with Gasteiger partial charge in [-0.1, -0.05) is 31.5 Å². The number of rotatable bonds is 6. The number of benzene rings is 1. The van der Waals surface area contributed by atoms with Crippen LogP contribution in [0.4, 0.5) is 0 Å². The van der Waals surface area contributed by atoms with Crippen LogP contribution in [0.15, 0.2) is 24.3 Å². The SMILES string of the molecule is CC(=O)NC1C2CC(c3c2c(O)n(C[C@H]2CCC[C@@H]2CN2CCC(c4[nH]nc5ccccc45)CC2)c3O)C1C. The van der Waals surface area contributed by atoms with Crippen molar-refractivity contribution < 1.29 is 15.0 Å². The average molecular weight is 532 g/mol. The van der Waals surface area contributed by atoms with Crippen molar-refractivity contribution in [1.29, 1.82) is 0 Å². The fraction of sp³-hybridized carbons (Fsp3) is 0.613. The first-order valence-electron chi connectivity index (χ1n) is 15.0. The molecule has 2 aromatic heterocycles. The second kappa shape index (κ2) is 9.58. The van der Waals surface area contributed by atoms with Crippen molar-refractivity contribution in [1.82, 2.24) is 25.0 Å². The molecule has 0 radical (unpaired) electrons. The number of amides is 1. The maximum Gasteiger partial charge on any atom is 0.217 e. The Bertz CT molecular complexity index is 1390. The van der Waals surface area contributed by atoms with Crippen molar-refractivity contribution in [2.45, 2.75) is 82.7 Å². The highest BCUT2D eigenvalue weighted by Crippen LogP contribution is 2.62. The van der Waals surface area contributed by atoms with Crippen LogP contribution in [-0.4, -0.2) is 61.5 Å². The molecule has 3 fully saturated rings. The van der Waals surface area contributed by atoms with Crippen molar-refractivity contribution in [3.05, 3.63) is 41.1 Å². The van der Waals surface area contributed by atoms with Crippen LogP contribution < -0.4 is 5.32 Å². The molecule has 8 heteroatoms. The summed E-state index contributed by atoms with van der Waals surface area (Å²) in [5.74, 6) is 2.57. The lowest BCUT2D eigenvalue weighted by Crippen LogP contribution is -2.40. The Labute approximate surface area is 229 Å². The highest BCUT2D eigenvalue weighted by molar-refractivity contribution is 5.81. The van der Waals surface area contributed by atoms with E-state index in [1.807, 2.05) is 6.07 Å². The summed E-state index contributed by atoms with van der Waals surface area (Å²) in [6.45, 7) is 7.68. The number of hydrogen-bond acceptors (Lipinski definition) is 5. The summed E-state index contributed by atoms with van der Waals surface area (Å²) in [4.78, 5) is 14.4. The van der Waals surface area contributed by atoms with Gasteiger partial charge in [-0.25, -0.2) is 0 Å². The van der Waals surface area contributed by atoms with Crippen LogP contribution in [0, 0.1) is 17.8 Å². The summed E-state index contributed by atoms with van der Waals surface area (Å²) in [6, 6.07) is 8.42. The highest BCUT2D eigenvalue weighted by atomic mass is 16.3. The first kappa shape index (κ1) is 25.0. The van der Waals surface area contributed by atoms with Crippen LogP contribution in [0.25, 0.3) is 10.9 Å².